The van der Waals surface area contributed by atoms with Gasteiger partial charge in [0.25, 0.3) is 0 Å². The first-order valence-electron chi connectivity index (χ1n) is 6.97. The van der Waals surface area contributed by atoms with Crippen LogP contribution in [0.4, 0.5) is 28.9 Å². The van der Waals surface area contributed by atoms with Crippen LogP contribution in [0.25, 0.3) is 0 Å². The molecule has 12 heteroatoms. The average Bonchev–Trinajstić information content (AvgIpc) is 2.45. The fourth-order valence-electron chi connectivity index (χ4n) is 1.79. The summed E-state index contributed by atoms with van der Waals surface area (Å²) in [5, 5.41) is 8.32. The number of benzene rings is 2. The summed E-state index contributed by atoms with van der Waals surface area (Å²) < 4.78 is 55.9. The van der Waals surface area contributed by atoms with Crippen molar-refractivity contribution in [3.63, 3.8) is 0 Å². The van der Waals surface area contributed by atoms with E-state index in [-0.39, 0.29) is 49.7 Å². The molecule has 0 amide bonds. The van der Waals surface area contributed by atoms with E-state index in [1.54, 1.807) is 6.92 Å². The molecule has 0 unspecified atom stereocenters. The summed E-state index contributed by atoms with van der Waals surface area (Å²) in [6.45, 7) is 1.60. The molecular weight excluding hydrogens is 395 g/mol. The first-order chi connectivity index (χ1) is 12.1. The number of anilines is 2. The molecule has 2 aromatic carbocycles. The number of carbonyl (C=O) groups is 2. The topological polar surface area (TPSA) is 146 Å². The molecule has 7 nitrogen and oxygen atoms in total. The molecule has 2 rings (SSSR count). The number of carbonyl (C=O) groups excluding carboxylic acids is 1. The van der Waals surface area contributed by atoms with Gasteiger partial charge in [0.05, 0.1) is 6.61 Å². The Kier molecular flexibility index (Phi) is 14.3. The molecule has 2 aromatic rings. The van der Waals surface area contributed by atoms with Gasteiger partial charge in [-0.1, -0.05) is 7.43 Å². The van der Waals surface area contributed by atoms with Crippen molar-refractivity contribution in [1.29, 1.82) is 0 Å². The van der Waals surface area contributed by atoms with Gasteiger partial charge >= 0.3 is 30.8 Å². The maximum absolute atomic E-state index is 13.1. The van der Waals surface area contributed by atoms with Gasteiger partial charge in [0.2, 0.25) is 0 Å². The van der Waals surface area contributed by atoms with E-state index in [0.717, 1.165) is 24.3 Å². The summed E-state index contributed by atoms with van der Waals surface area (Å²) in [7, 11) is 0. The third kappa shape index (κ3) is 8.43. The van der Waals surface area contributed by atoms with Crippen LogP contribution in [0.3, 0.4) is 0 Å². The number of carboxylic acids is 1. The Hall–Kier alpha value is -2.74. The Morgan fingerprint density at radius 2 is 1.21 bits per heavy atom. The SMILES string of the molecule is C.CCOC(=O)c1c(F)cc(N)cc1F.Nc1cc(F)c(C(=O)O)c(F)c1.[Li+].[OH-]. The van der Waals surface area contributed by atoms with E-state index in [0.29, 0.717) is 0 Å². The van der Waals surface area contributed by atoms with Crippen molar-refractivity contribution in [2.24, 2.45) is 0 Å². The second kappa shape index (κ2) is 13.4. The first kappa shape index (κ1) is 31.0. The molecule has 0 aliphatic carbocycles. The standard InChI is InChI=1S/C9H9F2NO2.C7H5F2NO2.CH4.Li.H2O/c1-2-14-9(13)8-6(10)3-5(12)4-7(8)11;8-4-1-3(10)2-5(9)6(4)7(11)12;;;/h3-4H,2,12H2,1H3;1-2H,10H2,(H,11,12);1H4;;1H2/q;;;+1;/p-1. The van der Waals surface area contributed by atoms with Crippen LogP contribution in [0.2, 0.25) is 0 Å². The van der Waals surface area contributed by atoms with Crippen molar-refractivity contribution >= 4 is 23.3 Å². The number of hydrogen-bond acceptors (Lipinski definition) is 6. The van der Waals surface area contributed by atoms with Crippen LogP contribution in [0.5, 0.6) is 0 Å². The third-order valence-corrected chi connectivity index (χ3v) is 2.82. The van der Waals surface area contributed by atoms with Gasteiger partial charge < -0.3 is 26.8 Å². The first-order valence-corrected chi connectivity index (χ1v) is 6.97. The number of esters is 1. The maximum atomic E-state index is 13.1. The summed E-state index contributed by atoms with van der Waals surface area (Å²) in [5.41, 5.74) is 8.32. The van der Waals surface area contributed by atoms with Crippen LogP contribution < -0.4 is 30.3 Å². The van der Waals surface area contributed by atoms with Crippen LogP contribution in [0.1, 0.15) is 35.1 Å². The van der Waals surface area contributed by atoms with Gasteiger partial charge in [-0.15, -0.1) is 0 Å². The zero-order valence-corrected chi connectivity index (χ0v) is 14.8. The quantitative estimate of drug-likeness (QED) is 0.286. The van der Waals surface area contributed by atoms with Crippen LogP contribution >= 0.6 is 0 Å². The van der Waals surface area contributed by atoms with Crippen LogP contribution in [-0.4, -0.2) is 29.1 Å². The Bertz CT molecular complexity index is 807. The van der Waals surface area contributed by atoms with Gasteiger partial charge in [0.1, 0.15) is 34.4 Å². The molecule has 0 spiro atoms. The Labute approximate surface area is 176 Å². The van der Waals surface area contributed by atoms with Crippen molar-refractivity contribution in [3.8, 4) is 0 Å². The van der Waals surface area contributed by atoms with Gasteiger partial charge in [-0.2, -0.15) is 0 Å². The molecule has 29 heavy (non-hydrogen) atoms. The Morgan fingerprint density at radius 3 is 1.48 bits per heavy atom. The largest absolute Gasteiger partial charge is 1.00 e. The summed E-state index contributed by atoms with van der Waals surface area (Å²) in [5.74, 6) is -7.03. The fourth-order valence-corrected chi connectivity index (χ4v) is 1.79. The minimum absolute atomic E-state index is 0. The smallest absolute Gasteiger partial charge is 0.870 e. The van der Waals surface area contributed by atoms with E-state index in [1.807, 2.05) is 0 Å². The number of rotatable bonds is 3. The number of carboxylic acid groups (broad SMARTS) is 1. The average molecular weight is 414 g/mol. The van der Waals surface area contributed by atoms with E-state index >= 15 is 0 Å². The van der Waals surface area contributed by atoms with Crippen LogP contribution in [-0.2, 0) is 4.74 Å². The summed E-state index contributed by atoms with van der Waals surface area (Å²) >= 11 is 0. The zero-order valence-electron chi connectivity index (χ0n) is 14.8. The van der Waals surface area contributed by atoms with Crippen molar-refractivity contribution in [2.45, 2.75) is 14.4 Å². The van der Waals surface area contributed by atoms with E-state index in [2.05, 4.69) is 4.74 Å². The van der Waals surface area contributed by atoms with Gasteiger partial charge in [-0.3, -0.25) is 0 Å². The predicted molar refractivity (Wildman–Crippen MR) is 93.1 cm³/mol. The predicted octanol–water partition coefficient (Wildman–Crippen LogP) is 0.432. The second-order valence-electron chi connectivity index (χ2n) is 4.74. The maximum Gasteiger partial charge on any atom is 1.00 e. The molecule has 0 aliphatic heterocycles. The van der Waals surface area contributed by atoms with Gasteiger partial charge in [0, 0.05) is 11.4 Å². The molecule has 0 atom stereocenters. The van der Waals surface area contributed by atoms with Crippen LogP contribution in [0, 0.1) is 23.3 Å². The number of aromatic carboxylic acids is 1. The van der Waals surface area contributed by atoms with Crippen molar-refractivity contribution in [3.05, 3.63) is 58.7 Å². The van der Waals surface area contributed by atoms with E-state index in [9.17, 15) is 27.2 Å². The fraction of sp³-hybridized carbons (Fsp3) is 0.176. The second-order valence-corrected chi connectivity index (χ2v) is 4.74. The van der Waals surface area contributed by atoms with Crippen molar-refractivity contribution < 1.29 is 61.3 Å². The Balaban J connectivity index is -0.000000426. The third-order valence-electron chi connectivity index (χ3n) is 2.82. The molecule has 156 valence electrons. The Morgan fingerprint density at radius 1 is 0.897 bits per heavy atom. The number of halogens is 4. The molecule has 0 aromatic heterocycles. The van der Waals surface area contributed by atoms with E-state index in [1.165, 1.54) is 0 Å². The van der Waals surface area contributed by atoms with Gasteiger partial charge in [-0.25, -0.2) is 27.2 Å². The van der Waals surface area contributed by atoms with E-state index in [4.69, 9.17) is 16.6 Å². The van der Waals surface area contributed by atoms with Gasteiger partial charge in [-0.05, 0) is 31.2 Å². The number of hydrogen-bond donors (Lipinski definition) is 3. The number of nitrogen functional groups attached to an aromatic ring is 2. The molecule has 0 fully saturated rings. The summed E-state index contributed by atoms with van der Waals surface area (Å²) in [4.78, 5) is 21.3. The normalized spacial score (nSPS) is 8.86. The summed E-state index contributed by atoms with van der Waals surface area (Å²) in [6.07, 6.45) is 0. The van der Waals surface area contributed by atoms with E-state index < -0.39 is 46.3 Å². The molecular formula is C17H19F4LiN2O5. The molecule has 0 aliphatic rings. The monoisotopic (exact) mass is 414 g/mol. The van der Waals surface area contributed by atoms with Crippen molar-refractivity contribution in [2.75, 3.05) is 18.1 Å². The number of nitrogens with two attached hydrogens (primary N) is 2. The molecule has 0 heterocycles. The minimum atomic E-state index is -1.65. The molecule has 0 radical (unpaired) electrons. The molecule has 0 saturated heterocycles. The molecule has 6 N–H and O–H groups in total. The molecule has 0 saturated carbocycles. The van der Waals surface area contributed by atoms with Crippen LogP contribution in [0.15, 0.2) is 24.3 Å². The van der Waals surface area contributed by atoms with Crippen molar-refractivity contribution in [1.82, 2.24) is 0 Å². The number of ether oxygens (including phenoxy) is 1. The minimum Gasteiger partial charge on any atom is -0.870 e. The summed E-state index contributed by atoms with van der Waals surface area (Å²) in [6, 6.07) is 3.25. The zero-order chi connectivity index (χ0) is 20.0. The molecule has 0 bridgehead atoms. The van der Waals surface area contributed by atoms with Gasteiger partial charge in [0.15, 0.2) is 0 Å².